The summed E-state index contributed by atoms with van der Waals surface area (Å²) >= 11 is 0. The Morgan fingerprint density at radius 1 is 1.25 bits per heavy atom. The van der Waals surface area contributed by atoms with E-state index in [0.717, 1.165) is 19.3 Å². The number of hydrogen-bond acceptors (Lipinski definition) is 5. The van der Waals surface area contributed by atoms with E-state index < -0.39 is 11.7 Å². The molecule has 1 N–H and O–H groups in total. The predicted molar refractivity (Wildman–Crippen MR) is 67.2 cm³/mol. The lowest BCUT2D eigenvalue weighted by Crippen LogP contribution is -2.54. The van der Waals surface area contributed by atoms with Gasteiger partial charge < -0.3 is 14.6 Å². The predicted octanol–water partition coefficient (Wildman–Crippen LogP) is 1.24. The summed E-state index contributed by atoms with van der Waals surface area (Å²) in [7, 11) is 0. The number of hydrogen-bond donors (Lipinski definition) is 1. The first-order chi connectivity index (χ1) is 9.37. The molecule has 0 radical (unpaired) electrons. The molecule has 2 aliphatic carbocycles. The summed E-state index contributed by atoms with van der Waals surface area (Å²) in [5.41, 5.74) is -0.998. The fourth-order valence-corrected chi connectivity index (χ4v) is 6.18. The van der Waals surface area contributed by atoms with Gasteiger partial charge in [-0.3, -0.25) is 9.59 Å². The highest BCUT2D eigenvalue weighted by Crippen LogP contribution is 2.77. The normalized spacial score (nSPS) is 56.2. The van der Waals surface area contributed by atoms with Gasteiger partial charge in [0.2, 0.25) is 0 Å². The summed E-state index contributed by atoms with van der Waals surface area (Å²) in [6.07, 6.45) is 2.01. The van der Waals surface area contributed by atoms with E-state index >= 15 is 0 Å². The van der Waals surface area contributed by atoms with E-state index in [1.165, 1.54) is 0 Å². The zero-order chi connectivity index (χ0) is 14.3. The SMILES string of the molecule is CC12CC(=O)O[C@H]3OC(=O)[C@@H]4CC[C@@H]([C@@](C)(CO)C1)[C@]342. The summed E-state index contributed by atoms with van der Waals surface area (Å²) < 4.78 is 10.8. The van der Waals surface area contributed by atoms with Crippen LogP contribution in [0.4, 0.5) is 0 Å². The highest BCUT2D eigenvalue weighted by Gasteiger charge is 2.81. The van der Waals surface area contributed by atoms with Crippen LogP contribution in [0.5, 0.6) is 0 Å². The zero-order valence-electron chi connectivity index (χ0n) is 11.8. The molecule has 0 aromatic heterocycles. The molecule has 4 aliphatic rings. The average molecular weight is 280 g/mol. The Morgan fingerprint density at radius 2 is 2.00 bits per heavy atom. The van der Waals surface area contributed by atoms with E-state index in [1.807, 2.05) is 0 Å². The van der Waals surface area contributed by atoms with Crippen LogP contribution in [0.25, 0.3) is 0 Å². The van der Waals surface area contributed by atoms with Crippen molar-refractivity contribution in [1.29, 1.82) is 0 Å². The monoisotopic (exact) mass is 280 g/mol. The second kappa shape index (κ2) is 3.38. The quantitative estimate of drug-likeness (QED) is 0.732. The third kappa shape index (κ3) is 1.08. The molecule has 0 bridgehead atoms. The molecule has 2 saturated heterocycles. The van der Waals surface area contributed by atoms with Gasteiger partial charge in [-0.05, 0) is 36.0 Å². The van der Waals surface area contributed by atoms with Crippen LogP contribution in [-0.4, -0.2) is 29.9 Å². The summed E-state index contributed by atoms with van der Waals surface area (Å²) in [5, 5.41) is 9.90. The summed E-state index contributed by atoms with van der Waals surface area (Å²) in [6.45, 7) is 4.23. The molecule has 5 heteroatoms. The van der Waals surface area contributed by atoms with Crippen LogP contribution < -0.4 is 0 Å². The molecule has 0 aromatic carbocycles. The van der Waals surface area contributed by atoms with Crippen molar-refractivity contribution in [2.24, 2.45) is 28.1 Å². The number of carbonyl (C=O) groups is 2. The second-order valence-electron chi connectivity index (χ2n) is 7.60. The lowest BCUT2D eigenvalue weighted by molar-refractivity contribution is -0.229. The number of ether oxygens (including phenoxy) is 2. The lowest BCUT2D eigenvalue weighted by Gasteiger charge is -2.48. The first-order valence-electron chi connectivity index (χ1n) is 7.38. The minimum absolute atomic E-state index is 0.0802. The maximum absolute atomic E-state index is 12.2. The number of carbonyl (C=O) groups excluding carboxylic acids is 2. The molecule has 5 nitrogen and oxygen atoms in total. The van der Waals surface area contributed by atoms with Crippen molar-refractivity contribution in [3.8, 4) is 0 Å². The van der Waals surface area contributed by atoms with E-state index in [2.05, 4.69) is 13.8 Å². The maximum Gasteiger partial charge on any atom is 0.312 e. The molecule has 4 rings (SSSR count). The average Bonchev–Trinajstić information content (AvgIpc) is 2.92. The standard InChI is InChI=1S/C15H20O5/c1-13(7-16)6-14(2)5-10(17)19-12-15(14)8(11(18)20-12)3-4-9(13)15/h8-9,12,16H,3-7H2,1-2H3/t8-,9-,12-,13+,14?,15-/m0/s1. The summed E-state index contributed by atoms with van der Waals surface area (Å²) in [6, 6.07) is 0. The van der Waals surface area contributed by atoms with Crippen LogP contribution in [0, 0.1) is 28.1 Å². The van der Waals surface area contributed by atoms with Crippen LogP contribution >= 0.6 is 0 Å². The molecule has 6 atom stereocenters. The Bertz CT molecular complexity index is 514. The van der Waals surface area contributed by atoms with Gasteiger partial charge in [0.1, 0.15) is 0 Å². The Kier molecular flexibility index (Phi) is 2.13. The molecule has 1 unspecified atom stereocenters. The van der Waals surface area contributed by atoms with Crippen molar-refractivity contribution in [1.82, 2.24) is 0 Å². The third-order valence-electron chi connectivity index (χ3n) is 6.61. The molecule has 0 aromatic rings. The zero-order valence-corrected chi connectivity index (χ0v) is 11.8. The van der Waals surface area contributed by atoms with Gasteiger partial charge in [0.15, 0.2) is 0 Å². The van der Waals surface area contributed by atoms with Crippen molar-refractivity contribution >= 4 is 11.9 Å². The van der Waals surface area contributed by atoms with E-state index in [9.17, 15) is 14.7 Å². The smallest absolute Gasteiger partial charge is 0.312 e. The Balaban J connectivity index is 1.94. The molecule has 2 heterocycles. The van der Waals surface area contributed by atoms with Gasteiger partial charge in [-0.2, -0.15) is 0 Å². The van der Waals surface area contributed by atoms with Crippen molar-refractivity contribution in [3.63, 3.8) is 0 Å². The Labute approximate surface area is 117 Å². The number of esters is 2. The van der Waals surface area contributed by atoms with E-state index in [0.29, 0.717) is 6.42 Å². The molecular formula is C15H20O5. The summed E-state index contributed by atoms with van der Waals surface area (Å²) in [4.78, 5) is 24.1. The highest BCUT2D eigenvalue weighted by molar-refractivity contribution is 5.80. The Morgan fingerprint density at radius 3 is 2.70 bits per heavy atom. The number of aliphatic hydroxyl groups is 1. The fourth-order valence-electron chi connectivity index (χ4n) is 6.18. The molecule has 110 valence electrons. The third-order valence-corrected chi connectivity index (χ3v) is 6.61. The van der Waals surface area contributed by atoms with Gasteiger partial charge in [-0.25, -0.2) is 0 Å². The first kappa shape index (κ1) is 12.6. The van der Waals surface area contributed by atoms with Crippen molar-refractivity contribution in [3.05, 3.63) is 0 Å². The molecule has 2 saturated carbocycles. The van der Waals surface area contributed by atoms with Gasteiger partial charge >= 0.3 is 11.9 Å². The van der Waals surface area contributed by atoms with Crippen LogP contribution in [0.15, 0.2) is 0 Å². The molecule has 2 aliphatic heterocycles. The minimum Gasteiger partial charge on any atom is -0.424 e. The summed E-state index contributed by atoms with van der Waals surface area (Å²) in [5.74, 6) is -0.506. The molecular weight excluding hydrogens is 260 g/mol. The number of aliphatic hydroxyl groups excluding tert-OH is 1. The van der Waals surface area contributed by atoms with Gasteiger partial charge in [0, 0.05) is 6.61 Å². The Hall–Kier alpha value is -1.10. The van der Waals surface area contributed by atoms with Gasteiger partial charge in [-0.15, -0.1) is 0 Å². The van der Waals surface area contributed by atoms with Crippen molar-refractivity contribution in [2.45, 2.75) is 45.8 Å². The second-order valence-corrected chi connectivity index (χ2v) is 7.60. The minimum atomic E-state index is -0.743. The lowest BCUT2D eigenvalue weighted by atomic mass is 9.57. The van der Waals surface area contributed by atoms with Crippen molar-refractivity contribution < 1.29 is 24.2 Å². The van der Waals surface area contributed by atoms with E-state index in [1.54, 1.807) is 0 Å². The largest absolute Gasteiger partial charge is 0.424 e. The topological polar surface area (TPSA) is 72.8 Å². The number of rotatable bonds is 1. The van der Waals surface area contributed by atoms with E-state index in [4.69, 9.17) is 9.47 Å². The van der Waals surface area contributed by atoms with Crippen LogP contribution in [0.3, 0.4) is 0 Å². The van der Waals surface area contributed by atoms with Gasteiger partial charge in [0.25, 0.3) is 6.29 Å². The van der Waals surface area contributed by atoms with Crippen molar-refractivity contribution in [2.75, 3.05) is 6.61 Å². The van der Waals surface area contributed by atoms with Crippen LogP contribution in [0.2, 0.25) is 0 Å². The molecule has 20 heavy (non-hydrogen) atoms. The highest BCUT2D eigenvalue weighted by atomic mass is 16.7. The molecule has 1 spiro atoms. The molecule has 4 fully saturated rings. The maximum atomic E-state index is 12.2. The van der Waals surface area contributed by atoms with Gasteiger partial charge in [-0.1, -0.05) is 13.8 Å². The first-order valence-corrected chi connectivity index (χ1v) is 7.38. The molecule has 0 amide bonds. The van der Waals surface area contributed by atoms with E-state index in [-0.39, 0.29) is 41.2 Å². The fraction of sp³-hybridized carbons (Fsp3) is 0.867. The van der Waals surface area contributed by atoms with Crippen LogP contribution in [0.1, 0.15) is 39.5 Å². The van der Waals surface area contributed by atoms with Crippen LogP contribution in [-0.2, 0) is 19.1 Å². The van der Waals surface area contributed by atoms with Gasteiger partial charge in [0.05, 0.1) is 17.8 Å².